The fourth-order valence-electron chi connectivity index (χ4n) is 1.35. The maximum Gasteiger partial charge on any atom is 0.0909 e. The third-order valence-corrected chi connectivity index (χ3v) is 1.86. The molecule has 4 nitrogen and oxygen atoms in total. The summed E-state index contributed by atoms with van der Waals surface area (Å²) in [6.45, 7) is 9.41. The second kappa shape index (κ2) is 7.65. The Kier molecular flexibility index (Phi) is 6.94. The number of rotatable bonds is 5. The van der Waals surface area contributed by atoms with Crippen LogP contribution in [0.25, 0.3) is 0 Å². The fourth-order valence-corrected chi connectivity index (χ4v) is 1.35. The number of aliphatic hydroxyl groups is 2. The lowest BCUT2D eigenvalue weighted by atomic mass is 10.3. The van der Waals surface area contributed by atoms with Crippen LogP contribution in [0.3, 0.4) is 0 Å². The molecule has 0 aromatic carbocycles. The maximum absolute atomic E-state index is 9.07. The van der Waals surface area contributed by atoms with E-state index in [2.05, 4.69) is 9.98 Å². The van der Waals surface area contributed by atoms with Crippen molar-refractivity contribution in [1.82, 2.24) is 0 Å². The first-order valence-corrected chi connectivity index (χ1v) is 5.61. The molecule has 0 amide bonds. The van der Waals surface area contributed by atoms with Crippen molar-refractivity contribution >= 4 is 11.4 Å². The van der Waals surface area contributed by atoms with Crippen molar-refractivity contribution in [2.75, 3.05) is 6.54 Å². The molecule has 0 aliphatic heterocycles. The number of hydrogen-bond acceptors (Lipinski definition) is 4. The highest BCUT2D eigenvalue weighted by Gasteiger charge is 1.98. The number of hydrogen-bond donors (Lipinski definition) is 2. The van der Waals surface area contributed by atoms with Gasteiger partial charge in [-0.05, 0) is 46.8 Å². The Bertz CT molecular complexity index is 358. The van der Waals surface area contributed by atoms with E-state index >= 15 is 0 Å². The molecule has 0 saturated carbocycles. The number of nitrogens with zero attached hydrogens (tertiary/aromatic N) is 2. The predicted octanol–water partition coefficient (Wildman–Crippen LogP) is 3.22. The monoisotopic (exact) mass is 238 g/mol. The zero-order valence-corrected chi connectivity index (χ0v) is 11.2. The zero-order valence-electron chi connectivity index (χ0n) is 11.2. The lowest BCUT2D eigenvalue weighted by Crippen LogP contribution is -2.07. The van der Waals surface area contributed by atoms with Crippen molar-refractivity contribution in [1.29, 1.82) is 0 Å². The fraction of sp³-hybridized carbons (Fsp3) is 0.538. The number of aliphatic hydroxyl groups excluding tert-OH is 2. The molecule has 0 aromatic rings. The Morgan fingerprint density at radius 3 is 1.94 bits per heavy atom. The molecule has 0 rings (SSSR count). The molecule has 0 radical (unpaired) electrons. The summed E-state index contributed by atoms with van der Waals surface area (Å²) in [5.74, 6) is 0.495. The van der Waals surface area contributed by atoms with Crippen molar-refractivity contribution in [2.24, 2.45) is 9.98 Å². The molecule has 0 heterocycles. The molecule has 1 unspecified atom stereocenters. The molecule has 96 valence electrons. The quantitative estimate of drug-likeness (QED) is 0.570. The van der Waals surface area contributed by atoms with Gasteiger partial charge in [-0.25, -0.2) is 0 Å². The molecule has 0 bridgehead atoms. The van der Waals surface area contributed by atoms with Gasteiger partial charge in [0.05, 0.1) is 24.1 Å². The molecule has 17 heavy (non-hydrogen) atoms. The molecule has 0 aromatic heterocycles. The SMILES string of the molecule is C/C(O)=C/C(C)=N/CC(C)/N=C(C)/C=C(/C)O. The van der Waals surface area contributed by atoms with Gasteiger partial charge in [-0.2, -0.15) is 0 Å². The Hall–Kier alpha value is -1.58. The first-order valence-electron chi connectivity index (χ1n) is 5.61. The molecule has 0 spiro atoms. The average Bonchev–Trinajstić information content (AvgIpc) is 2.12. The van der Waals surface area contributed by atoms with E-state index in [4.69, 9.17) is 10.2 Å². The van der Waals surface area contributed by atoms with Crippen LogP contribution in [0.5, 0.6) is 0 Å². The summed E-state index contributed by atoms with van der Waals surface area (Å²) in [6.07, 6.45) is 3.23. The second-order valence-electron chi connectivity index (χ2n) is 4.17. The van der Waals surface area contributed by atoms with E-state index in [1.54, 1.807) is 26.0 Å². The first kappa shape index (κ1) is 15.4. The molecular formula is C13H22N2O2. The summed E-state index contributed by atoms with van der Waals surface area (Å²) in [5.41, 5.74) is 1.55. The molecule has 2 N–H and O–H groups in total. The Balaban J connectivity index is 4.43. The second-order valence-corrected chi connectivity index (χ2v) is 4.17. The summed E-state index contributed by atoms with van der Waals surface area (Å²) >= 11 is 0. The molecule has 4 heteroatoms. The van der Waals surface area contributed by atoms with E-state index in [9.17, 15) is 0 Å². The molecule has 0 aliphatic carbocycles. The van der Waals surface area contributed by atoms with E-state index in [1.165, 1.54) is 0 Å². The summed E-state index contributed by atoms with van der Waals surface area (Å²) in [7, 11) is 0. The van der Waals surface area contributed by atoms with E-state index in [-0.39, 0.29) is 17.6 Å². The lowest BCUT2D eigenvalue weighted by Gasteiger charge is -2.04. The summed E-state index contributed by atoms with van der Waals surface area (Å²) < 4.78 is 0. The van der Waals surface area contributed by atoms with Crippen molar-refractivity contribution in [3.63, 3.8) is 0 Å². The maximum atomic E-state index is 9.07. The van der Waals surface area contributed by atoms with Crippen LogP contribution in [-0.2, 0) is 0 Å². The third kappa shape index (κ3) is 9.35. The van der Waals surface area contributed by atoms with Crippen LogP contribution < -0.4 is 0 Å². The molecule has 0 fully saturated rings. The topological polar surface area (TPSA) is 65.2 Å². The van der Waals surface area contributed by atoms with Crippen LogP contribution in [0.15, 0.2) is 33.7 Å². The Labute approximate surface area is 103 Å². The summed E-state index contributed by atoms with van der Waals surface area (Å²) in [5, 5.41) is 18.1. The Morgan fingerprint density at radius 1 is 1.00 bits per heavy atom. The van der Waals surface area contributed by atoms with Gasteiger partial charge in [0.2, 0.25) is 0 Å². The van der Waals surface area contributed by atoms with Gasteiger partial charge in [0.15, 0.2) is 0 Å². The van der Waals surface area contributed by atoms with E-state index in [0.717, 1.165) is 11.4 Å². The van der Waals surface area contributed by atoms with Crippen molar-refractivity contribution in [3.05, 3.63) is 23.7 Å². The van der Waals surface area contributed by atoms with E-state index in [0.29, 0.717) is 6.54 Å². The van der Waals surface area contributed by atoms with Crippen molar-refractivity contribution < 1.29 is 10.2 Å². The highest BCUT2D eigenvalue weighted by atomic mass is 16.3. The van der Waals surface area contributed by atoms with Gasteiger partial charge in [0.1, 0.15) is 0 Å². The van der Waals surface area contributed by atoms with Crippen LogP contribution in [-0.4, -0.2) is 34.2 Å². The van der Waals surface area contributed by atoms with Crippen LogP contribution in [0.4, 0.5) is 0 Å². The predicted molar refractivity (Wildman–Crippen MR) is 73.3 cm³/mol. The van der Waals surface area contributed by atoms with Crippen molar-refractivity contribution in [3.8, 4) is 0 Å². The van der Waals surface area contributed by atoms with Gasteiger partial charge in [-0.3, -0.25) is 9.98 Å². The van der Waals surface area contributed by atoms with Gasteiger partial charge in [-0.1, -0.05) is 0 Å². The molecular weight excluding hydrogens is 216 g/mol. The molecule has 0 aliphatic rings. The van der Waals surface area contributed by atoms with Gasteiger partial charge < -0.3 is 10.2 Å². The standard InChI is InChI=1S/C13H22N2O2/c1-9(6-12(4)16)14-8-11(3)15-10(2)7-13(5)17/h6-7,11,16-17H,8H2,1-5H3/b12-6-,13-7-,14-9+,15-10+. The minimum Gasteiger partial charge on any atom is -0.513 e. The highest BCUT2D eigenvalue weighted by molar-refractivity contribution is 5.93. The van der Waals surface area contributed by atoms with Crippen LogP contribution in [0.1, 0.15) is 34.6 Å². The summed E-state index contributed by atoms with van der Waals surface area (Å²) in [6, 6.07) is 0.0490. The van der Waals surface area contributed by atoms with E-state index in [1.807, 2.05) is 20.8 Å². The highest BCUT2D eigenvalue weighted by Crippen LogP contribution is 1.97. The third-order valence-electron chi connectivity index (χ3n) is 1.86. The van der Waals surface area contributed by atoms with Crippen LogP contribution in [0.2, 0.25) is 0 Å². The minimum absolute atomic E-state index is 0.0490. The minimum atomic E-state index is 0.0490. The van der Waals surface area contributed by atoms with Crippen LogP contribution in [0, 0.1) is 0 Å². The largest absolute Gasteiger partial charge is 0.513 e. The smallest absolute Gasteiger partial charge is 0.0909 e. The first-order chi connectivity index (χ1) is 7.81. The number of allylic oxidation sites excluding steroid dienone is 4. The molecule has 0 saturated heterocycles. The average molecular weight is 238 g/mol. The normalized spacial score (nSPS) is 17.2. The van der Waals surface area contributed by atoms with Crippen molar-refractivity contribution in [2.45, 2.75) is 40.7 Å². The number of aliphatic imine (C=N–C) groups is 2. The molecule has 1 atom stereocenters. The van der Waals surface area contributed by atoms with Crippen LogP contribution >= 0.6 is 0 Å². The van der Waals surface area contributed by atoms with Gasteiger partial charge in [0, 0.05) is 11.4 Å². The zero-order chi connectivity index (χ0) is 13.4. The van der Waals surface area contributed by atoms with Gasteiger partial charge in [-0.15, -0.1) is 0 Å². The van der Waals surface area contributed by atoms with Gasteiger partial charge in [0.25, 0.3) is 0 Å². The Morgan fingerprint density at radius 2 is 1.47 bits per heavy atom. The van der Waals surface area contributed by atoms with Gasteiger partial charge >= 0.3 is 0 Å². The lowest BCUT2D eigenvalue weighted by molar-refractivity contribution is 0.414. The van der Waals surface area contributed by atoms with E-state index < -0.39 is 0 Å². The summed E-state index contributed by atoms with van der Waals surface area (Å²) in [4.78, 5) is 8.64.